The molecular formula is C51H42N6O8S2. The topological polar surface area (TPSA) is 175 Å². The van der Waals surface area contributed by atoms with Crippen LogP contribution in [0.5, 0.6) is 0 Å². The quantitative estimate of drug-likeness (QED) is 0.0313. The van der Waals surface area contributed by atoms with Crippen LogP contribution < -0.4 is 10.6 Å². The molecule has 0 saturated carbocycles. The molecule has 0 bridgehead atoms. The molecular weight excluding hydrogens is 889 g/mol. The molecule has 2 aliphatic heterocycles. The number of esters is 2. The third-order valence-electron chi connectivity index (χ3n) is 11.3. The number of β-lactam (4-membered cyclic amide) rings is 1. The van der Waals surface area contributed by atoms with Crippen LogP contribution in [0.3, 0.4) is 0 Å². The maximum atomic E-state index is 14.7. The van der Waals surface area contributed by atoms with Gasteiger partial charge in [-0.3, -0.25) is 14.5 Å². The van der Waals surface area contributed by atoms with Gasteiger partial charge in [-0.1, -0.05) is 162 Å². The van der Waals surface area contributed by atoms with Crippen molar-refractivity contribution >= 4 is 63.3 Å². The molecule has 2 aliphatic rings. The molecule has 67 heavy (non-hydrogen) atoms. The molecule has 1 saturated heterocycles. The Morgan fingerprint density at radius 3 is 1.91 bits per heavy atom. The number of hydrogen-bond acceptors (Lipinski definition) is 14. The van der Waals surface area contributed by atoms with Gasteiger partial charge < -0.3 is 29.5 Å². The number of thiazole rings is 1. The number of aromatic nitrogens is 2. The van der Waals surface area contributed by atoms with Crippen LogP contribution in [-0.2, 0) is 34.2 Å². The van der Waals surface area contributed by atoms with Crippen LogP contribution in [0.25, 0.3) is 5.57 Å². The average Bonchev–Trinajstić information content (AvgIpc) is 4.07. The van der Waals surface area contributed by atoms with Crippen molar-refractivity contribution in [2.75, 3.05) is 24.8 Å². The van der Waals surface area contributed by atoms with Crippen molar-refractivity contribution in [1.82, 2.24) is 20.4 Å². The number of oxime groups is 1. The highest BCUT2D eigenvalue weighted by atomic mass is 32.2. The zero-order valence-electron chi connectivity index (χ0n) is 36.1. The number of benzene rings is 5. The van der Waals surface area contributed by atoms with Crippen LogP contribution in [0.4, 0.5) is 5.13 Å². The highest BCUT2D eigenvalue weighted by molar-refractivity contribution is 8.00. The van der Waals surface area contributed by atoms with Crippen molar-refractivity contribution < 1.29 is 38.0 Å². The Labute approximate surface area is 393 Å². The number of fused-ring (bicyclic) bond motifs is 1. The van der Waals surface area contributed by atoms with E-state index in [4.69, 9.17) is 23.8 Å². The first-order valence-electron chi connectivity index (χ1n) is 21.3. The van der Waals surface area contributed by atoms with Crippen LogP contribution in [0.15, 0.2) is 179 Å². The van der Waals surface area contributed by atoms with Gasteiger partial charge >= 0.3 is 11.9 Å². The first-order valence-corrected chi connectivity index (χ1v) is 23.2. The predicted molar refractivity (Wildman–Crippen MR) is 254 cm³/mol. The summed E-state index contributed by atoms with van der Waals surface area (Å²) in [4.78, 5) is 67.8. The van der Waals surface area contributed by atoms with Crippen molar-refractivity contribution in [1.29, 1.82) is 0 Å². The molecule has 0 radical (unpaired) electrons. The second-order valence-corrected chi connectivity index (χ2v) is 17.2. The number of hydrogen-bond donors (Lipinski definition) is 2. The molecule has 0 aliphatic carbocycles. The molecule has 5 aromatic carbocycles. The summed E-state index contributed by atoms with van der Waals surface area (Å²) >= 11 is 2.55. The molecule has 2 amide bonds. The lowest BCUT2D eigenvalue weighted by Crippen LogP contribution is -2.71. The van der Waals surface area contributed by atoms with E-state index in [2.05, 4.69) is 57.3 Å². The van der Waals surface area contributed by atoms with Crippen LogP contribution in [0, 0.1) is 0 Å². The second-order valence-electron chi connectivity index (χ2n) is 15.2. The lowest BCUT2D eigenvalue weighted by Gasteiger charge is -2.49. The van der Waals surface area contributed by atoms with Gasteiger partial charge in [0.15, 0.2) is 22.6 Å². The molecule has 2 N–H and O–H groups in total. The maximum absolute atomic E-state index is 14.7. The summed E-state index contributed by atoms with van der Waals surface area (Å²) in [5.74, 6) is -2.83. The van der Waals surface area contributed by atoms with E-state index in [1.54, 1.807) is 12.3 Å². The van der Waals surface area contributed by atoms with E-state index in [0.717, 1.165) is 16.7 Å². The van der Waals surface area contributed by atoms with Gasteiger partial charge in [-0.25, -0.2) is 14.6 Å². The Morgan fingerprint density at radius 2 is 1.37 bits per heavy atom. The molecule has 2 atom stereocenters. The van der Waals surface area contributed by atoms with Gasteiger partial charge in [0.25, 0.3) is 11.8 Å². The largest absolute Gasteiger partial charge is 0.461 e. The van der Waals surface area contributed by atoms with Gasteiger partial charge in [0, 0.05) is 16.7 Å². The number of nitrogens with zero attached hydrogens (tertiary/aromatic N) is 4. The third kappa shape index (κ3) is 8.71. The first kappa shape index (κ1) is 44.4. The zero-order valence-corrected chi connectivity index (χ0v) is 37.7. The van der Waals surface area contributed by atoms with Crippen LogP contribution >= 0.6 is 23.1 Å². The summed E-state index contributed by atoms with van der Waals surface area (Å²) in [6, 6.07) is 47.4. The number of nitrogens with one attached hydrogen (secondary N) is 2. The normalized spacial score (nSPS) is 15.9. The molecule has 2 unspecified atom stereocenters. The van der Waals surface area contributed by atoms with Gasteiger partial charge in [0.1, 0.15) is 41.7 Å². The number of rotatable bonds is 16. The Bertz CT molecular complexity index is 2810. The van der Waals surface area contributed by atoms with E-state index in [9.17, 15) is 19.2 Å². The molecule has 336 valence electrons. The minimum Gasteiger partial charge on any atom is -0.461 e. The van der Waals surface area contributed by atoms with Gasteiger partial charge in [-0.05, 0) is 34.7 Å². The SMILES string of the molecule is CCOC(=O)c1nocc1C1=C(C(=O)OC(c2ccccc2)c2ccccc2)N2C(=O)C(NC(=O)/C(=N\OC)c3csc(NC(c4ccccc4)(c4ccccc4)c4ccccc4)n3)C2SC1. The Kier molecular flexibility index (Phi) is 13.1. The summed E-state index contributed by atoms with van der Waals surface area (Å²) < 4.78 is 16.8. The number of amides is 2. The molecule has 1 fully saturated rings. The predicted octanol–water partition coefficient (Wildman–Crippen LogP) is 8.21. The van der Waals surface area contributed by atoms with Gasteiger partial charge in [-0.2, -0.15) is 0 Å². The zero-order chi connectivity index (χ0) is 46.3. The molecule has 0 spiro atoms. The van der Waals surface area contributed by atoms with Crippen molar-refractivity contribution in [3.63, 3.8) is 0 Å². The summed E-state index contributed by atoms with van der Waals surface area (Å²) in [5.41, 5.74) is 3.58. The summed E-state index contributed by atoms with van der Waals surface area (Å²) in [6.45, 7) is 1.73. The van der Waals surface area contributed by atoms with Crippen molar-refractivity contribution in [2.24, 2.45) is 5.16 Å². The first-order chi connectivity index (χ1) is 32.8. The average molecular weight is 931 g/mol. The molecule has 14 nitrogen and oxygen atoms in total. The standard InChI is InChI=1S/C51H42N6O8S2/c1-3-63-48(60)40-37(29-64-56-40)38-30-66-47-42(46(59)57(47)43(38)49(61)65-44(32-19-9-4-10-20-32)33-21-11-5-12-22-33)53-45(58)41(55-62-2)39-31-67-50(52-39)54-51(34-23-13-6-14-24-34,35-25-15-7-16-26-35)36-27-17-8-18-28-36/h4-29,31,42,44,47H,3,30H2,1-2H3,(H,52,54)(H,53,58)/b55-41-. The molecule has 4 heterocycles. The van der Waals surface area contributed by atoms with E-state index in [-0.39, 0.29) is 46.3 Å². The van der Waals surface area contributed by atoms with E-state index in [0.29, 0.717) is 16.3 Å². The van der Waals surface area contributed by atoms with E-state index in [1.807, 2.05) is 115 Å². The number of carbonyl (C=O) groups is 4. The van der Waals surface area contributed by atoms with Crippen LogP contribution in [0.2, 0.25) is 0 Å². The minimum atomic E-state index is -1.10. The van der Waals surface area contributed by atoms with Crippen LogP contribution in [0.1, 0.15) is 62.6 Å². The number of carbonyl (C=O) groups excluding carboxylic acids is 4. The fourth-order valence-electron chi connectivity index (χ4n) is 8.25. The van der Waals surface area contributed by atoms with E-state index in [1.165, 1.54) is 41.4 Å². The Hall–Kier alpha value is -7.82. The number of thioether (sulfide) groups is 1. The Morgan fingerprint density at radius 1 is 0.821 bits per heavy atom. The van der Waals surface area contributed by atoms with Crippen molar-refractivity contribution in [3.05, 3.63) is 214 Å². The lowest BCUT2D eigenvalue weighted by atomic mass is 9.77. The third-order valence-corrected chi connectivity index (χ3v) is 13.3. The molecule has 16 heteroatoms. The fraction of sp³-hybridized carbons (Fsp3) is 0.157. The van der Waals surface area contributed by atoms with Crippen molar-refractivity contribution in [2.45, 2.75) is 30.0 Å². The smallest absolute Gasteiger partial charge is 0.361 e. The van der Waals surface area contributed by atoms with Gasteiger partial charge in [0.05, 0.1) is 12.2 Å². The number of anilines is 1. The fourth-order valence-corrected chi connectivity index (χ4v) is 10.4. The molecule has 2 aromatic heterocycles. The number of ether oxygens (including phenoxy) is 2. The molecule has 9 rings (SSSR count). The lowest BCUT2D eigenvalue weighted by molar-refractivity contribution is -0.154. The van der Waals surface area contributed by atoms with Crippen molar-refractivity contribution in [3.8, 4) is 0 Å². The second kappa shape index (κ2) is 19.7. The summed E-state index contributed by atoms with van der Waals surface area (Å²) in [5, 5.41) is 15.9. The van der Waals surface area contributed by atoms with Gasteiger partial charge in [-0.15, -0.1) is 23.1 Å². The van der Waals surface area contributed by atoms with E-state index < -0.39 is 46.8 Å². The summed E-state index contributed by atoms with van der Waals surface area (Å²) in [7, 11) is 1.31. The highest BCUT2D eigenvalue weighted by Crippen LogP contribution is 2.45. The Balaban J connectivity index is 1.01. The molecule has 7 aromatic rings. The van der Waals surface area contributed by atoms with Gasteiger partial charge in [0.2, 0.25) is 0 Å². The summed E-state index contributed by atoms with van der Waals surface area (Å²) in [6.07, 6.45) is 0.373. The van der Waals surface area contributed by atoms with E-state index >= 15 is 0 Å². The minimum absolute atomic E-state index is 0.0701. The monoisotopic (exact) mass is 930 g/mol. The van der Waals surface area contributed by atoms with Crippen LogP contribution in [-0.4, -0.2) is 75.4 Å². The highest BCUT2D eigenvalue weighted by Gasteiger charge is 2.55. The maximum Gasteiger partial charge on any atom is 0.361 e.